The second kappa shape index (κ2) is 9.46. The van der Waals surface area contributed by atoms with Gasteiger partial charge in [-0.25, -0.2) is 0 Å². The molecule has 1 unspecified atom stereocenters. The quantitative estimate of drug-likeness (QED) is 0.735. The largest absolute Gasteiger partial charge is 0.493 e. The highest BCUT2D eigenvalue weighted by molar-refractivity contribution is 5.81. The number of hydrogen-bond acceptors (Lipinski definition) is 5. The minimum atomic E-state index is -0.486. The van der Waals surface area contributed by atoms with Crippen LogP contribution in [0, 0.1) is 0 Å². The van der Waals surface area contributed by atoms with Gasteiger partial charge in [0.1, 0.15) is 0 Å². The molecule has 138 valence electrons. The number of nitrogens with one attached hydrogen (secondary N) is 1. The molecule has 0 fully saturated rings. The van der Waals surface area contributed by atoms with Crippen LogP contribution in [0.15, 0.2) is 48.5 Å². The molecule has 6 heteroatoms. The van der Waals surface area contributed by atoms with E-state index in [0.29, 0.717) is 17.1 Å². The second-order valence-corrected chi connectivity index (χ2v) is 5.73. The molecule has 1 atom stereocenters. The molecular formula is C20H23NO5. The molecule has 6 nitrogen and oxygen atoms in total. The van der Waals surface area contributed by atoms with Crippen LogP contribution in [0.3, 0.4) is 0 Å². The van der Waals surface area contributed by atoms with Gasteiger partial charge in [0.25, 0.3) is 5.91 Å². The minimum Gasteiger partial charge on any atom is -0.493 e. The van der Waals surface area contributed by atoms with Crippen LogP contribution < -0.4 is 14.8 Å². The van der Waals surface area contributed by atoms with Gasteiger partial charge < -0.3 is 19.5 Å². The highest BCUT2D eigenvalue weighted by Crippen LogP contribution is 2.27. The topological polar surface area (TPSA) is 73.9 Å². The normalized spacial score (nSPS) is 11.3. The van der Waals surface area contributed by atoms with Crippen molar-refractivity contribution in [3.05, 3.63) is 59.7 Å². The summed E-state index contributed by atoms with van der Waals surface area (Å²) in [6, 6.07) is 14.6. The average molecular weight is 357 g/mol. The molecule has 0 aromatic heterocycles. The van der Waals surface area contributed by atoms with E-state index in [0.717, 1.165) is 5.56 Å². The van der Waals surface area contributed by atoms with Gasteiger partial charge in [0.15, 0.2) is 18.1 Å². The Balaban J connectivity index is 1.82. The minimum absolute atomic E-state index is 0.0435. The molecule has 0 saturated carbocycles. The van der Waals surface area contributed by atoms with Gasteiger partial charge in [-0.1, -0.05) is 36.4 Å². The molecule has 0 heterocycles. The first-order valence-corrected chi connectivity index (χ1v) is 8.24. The van der Waals surface area contributed by atoms with Crippen molar-refractivity contribution >= 4 is 11.9 Å². The maximum absolute atomic E-state index is 12.0. The Bertz CT molecular complexity index is 745. The summed E-state index contributed by atoms with van der Waals surface area (Å²) in [5, 5.41) is 2.80. The van der Waals surface area contributed by atoms with Gasteiger partial charge in [-0.05, 0) is 30.2 Å². The molecule has 1 N–H and O–H groups in total. The third-order valence-corrected chi connectivity index (χ3v) is 3.84. The van der Waals surface area contributed by atoms with E-state index in [1.807, 2.05) is 37.3 Å². The predicted molar refractivity (Wildman–Crippen MR) is 97.2 cm³/mol. The predicted octanol–water partition coefficient (Wildman–Crippen LogP) is 2.67. The molecule has 0 radical (unpaired) electrons. The zero-order valence-electron chi connectivity index (χ0n) is 15.2. The van der Waals surface area contributed by atoms with E-state index in [2.05, 4.69) is 5.32 Å². The Hall–Kier alpha value is -3.02. The van der Waals surface area contributed by atoms with Gasteiger partial charge in [0, 0.05) is 0 Å². The zero-order chi connectivity index (χ0) is 18.9. The molecular weight excluding hydrogens is 334 g/mol. The molecule has 0 bridgehead atoms. The van der Waals surface area contributed by atoms with Crippen molar-refractivity contribution in [3.8, 4) is 11.5 Å². The number of carbonyl (C=O) groups excluding carboxylic acids is 2. The number of ether oxygens (including phenoxy) is 3. The Morgan fingerprint density at radius 2 is 1.69 bits per heavy atom. The van der Waals surface area contributed by atoms with Gasteiger partial charge in [-0.15, -0.1) is 0 Å². The SMILES string of the molecule is COc1ccc(CC(=O)OCC(=O)NC(C)c2ccccc2)cc1OC. The molecule has 0 saturated heterocycles. The molecule has 2 rings (SSSR count). The number of amides is 1. The van der Waals surface area contributed by atoms with Gasteiger partial charge in [-0.3, -0.25) is 9.59 Å². The van der Waals surface area contributed by atoms with E-state index in [1.165, 1.54) is 7.11 Å². The maximum Gasteiger partial charge on any atom is 0.310 e. The van der Waals surface area contributed by atoms with Crippen molar-refractivity contribution in [1.29, 1.82) is 0 Å². The van der Waals surface area contributed by atoms with Crippen molar-refractivity contribution in [2.75, 3.05) is 20.8 Å². The first-order valence-electron chi connectivity index (χ1n) is 8.24. The Morgan fingerprint density at radius 1 is 1.00 bits per heavy atom. The lowest BCUT2D eigenvalue weighted by molar-refractivity contribution is -0.148. The molecule has 2 aromatic rings. The molecule has 0 aliphatic heterocycles. The van der Waals surface area contributed by atoms with E-state index in [4.69, 9.17) is 14.2 Å². The van der Waals surface area contributed by atoms with Crippen LogP contribution in [-0.4, -0.2) is 32.7 Å². The number of methoxy groups -OCH3 is 2. The van der Waals surface area contributed by atoms with Crippen molar-refractivity contribution in [3.63, 3.8) is 0 Å². The van der Waals surface area contributed by atoms with E-state index in [-0.39, 0.29) is 25.0 Å². The van der Waals surface area contributed by atoms with Gasteiger partial charge in [-0.2, -0.15) is 0 Å². The Kier molecular flexibility index (Phi) is 7.02. The first kappa shape index (κ1) is 19.3. The van der Waals surface area contributed by atoms with E-state index >= 15 is 0 Å². The second-order valence-electron chi connectivity index (χ2n) is 5.73. The Labute approximate surface area is 153 Å². The van der Waals surface area contributed by atoms with E-state index in [1.54, 1.807) is 25.3 Å². The average Bonchev–Trinajstić information content (AvgIpc) is 2.67. The van der Waals surface area contributed by atoms with E-state index < -0.39 is 5.97 Å². The summed E-state index contributed by atoms with van der Waals surface area (Å²) in [6.45, 7) is 1.56. The highest BCUT2D eigenvalue weighted by Gasteiger charge is 2.13. The van der Waals surface area contributed by atoms with Gasteiger partial charge in [0.2, 0.25) is 0 Å². The summed E-state index contributed by atoms with van der Waals surface area (Å²) in [5.41, 5.74) is 1.70. The van der Waals surface area contributed by atoms with Crippen LogP contribution in [-0.2, 0) is 20.7 Å². The smallest absolute Gasteiger partial charge is 0.310 e. The molecule has 26 heavy (non-hydrogen) atoms. The Morgan fingerprint density at radius 3 is 2.35 bits per heavy atom. The molecule has 0 aliphatic rings. The van der Waals surface area contributed by atoms with Crippen LogP contribution in [0.4, 0.5) is 0 Å². The van der Waals surface area contributed by atoms with Crippen LogP contribution in [0.5, 0.6) is 11.5 Å². The number of benzene rings is 2. The summed E-state index contributed by atoms with van der Waals surface area (Å²) in [7, 11) is 3.07. The first-order chi connectivity index (χ1) is 12.5. The maximum atomic E-state index is 12.0. The summed E-state index contributed by atoms with van der Waals surface area (Å²) >= 11 is 0. The molecule has 1 amide bonds. The van der Waals surface area contributed by atoms with Crippen molar-refractivity contribution in [2.45, 2.75) is 19.4 Å². The lowest BCUT2D eigenvalue weighted by atomic mass is 10.1. The summed E-state index contributed by atoms with van der Waals surface area (Å²) in [4.78, 5) is 23.9. The van der Waals surface area contributed by atoms with Crippen molar-refractivity contribution in [1.82, 2.24) is 5.32 Å². The van der Waals surface area contributed by atoms with Crippen LogP contribution >= 0.6 is 0 Å². The monoisotopic (exact) mass is 357 g/mol. The lowest BCUT2D eigenvalue weighted by Gasteiger charge is -2.14. The number of carbonyl (C=O) groups is 2. The van der Waals surface area contributed by atoms with Crippen molar-refractivity contribution < 1.29 is 23.8 Å². The van der Waals surface area contributed by atoms with Gasteiger partial charge in [0.05, 0.1) is 26.7 Å². The number of rotatable bonds is 8. The third-order valence-electron chi connectivity index (χ3n) is 3.84. The fraction of sp³-hybridized carbons (Fsp3) is 0.300. The number of esters is 1. The fourth-order valence-corrected chi connectivity index (χ4v) is 2.46. The highest BCUT2D eigenvalue weighted by atomic mass is 16.5. The summed E-state index contributed by atoms with van der Waals surface area (Å²) in [6.07, 6.45) is 0.0435. The fourth-order valence-electron chi connectivity index (χ4n) is 2.46. The van der Waals surface area contributed by atoms with Gasteiger partial charge >= 0.3 is 5.97 Å². The lowest BCUT2D eigenvalue weighted by Crippen LogP contribution is -2.31. The zero-order valence-corrected chi connectivity index (χ0v) is 15.2. The van der Waals surface area contributed by atoms with Crippen molar-refractivity contribution in [2.24, 2.45) is 0 Å². The third kappa shape index (κ3) is 5.51. The standard InChI is InChI=1S/C20H23NO5/c1-14(16-7-5-4-6-8-16)21-19(22)13-26-20(23)12-15-9-10-17(24-2)18(11-15)25-3/h4-11,14H,12-13H2,1-3H3,(H,21,22). The van der Waals surface area contributed by atoms with E-state index in [9.17, 15) is 9.59 Å². The number of hydrogen-bond donors (Lipinski definition) is 1. The molecule has 2 aromatic carbocycles. The van der Waals surface area contributed by atoms with Crippen LogP contribution in [0.1, 0.15) is 24.1 Å². The van der Waals surface area contributed by atoms with Crippen LogP contribution in [0.25, 0.3) is 0 Å². The summed E-state index contributed by atoms with van der Waals surface area (Å²) < 4.78 is 15.4. The molecule has 0 aliphatic carbocycles. The summed E-state index contributed by atoms with van der Waals surface area (Å²) in [5.74, 6) is 0.285. The van der Waals surface area contributed by atoms with Crippen LogP contribution in [0.2, 0.25) is 0 Å². The molecule has 0 spiro atoms.